The molecule has 2 heterocycles. The lowest BCUT2D eigenvalue weighted by atomic mass is 10.1. The first-order valence-corrected chi connectivity index (χ1v) is 8.83. The van der Waals surface area contributed by atoms with Gasteiger partial charge in [-0.2, -0.15) is 11.8 Å². The molecule has 2 aliphatic heterocycles. The summed E-state index contributed by atoms with van der Waals surface area (Å²) in [4.78, 5) is 39.1. The molecule has 0 spiro atoms. The zero-order valence-corrected chi connectivity index (χ0v) is 13.9. The van der Waals surface area contributed by atoms with Crippen LogP contribution in [0.3, 0.4) is 0 Å². The van der Waals surface area contributed by atoms with Crippen LogP contribution in [-0.2, 0) is 9.59 Å². The molecule has 3 rings (SSSR count). The lowest BCUT2D eigenvalue weighted by Gasteiger charge is -2.35. The predicted octanol–water partition coefficient (Wildman–Crippen LogP) is 1.53. The lowest BCUT2D eigenvalue weighted by Crippen LogP contribution is -2.50. The Bertz CT molecular complexity index is 683. The fraction of sp³-hybridized carbons (Fsp3) is 0.353. The molecule has 0 aromatic heterocycles. The molecular formula is C17H18N2O4S. The number of aliphatic carboxylic acids is 1. The monoisotopic (exact) mass is 346 g/mol. The molecule has 1 unspecified atom stereocenters. The van der Waals surface area contributed by atoms with E-state index in [-0.39, 0.29) is 30.8 Å². The molecule has 2 aliphatic rings. The number of benzene rings is 1. The van der Waals surface area contributed by atoms with E-state index in [9.17, 15) is 14.4 Å². The van der Waals surface area contributed by atoms with E-state index in [4.69, 9.17) is 5.11 Å². The molecule has 6 nitrogen and oxygen atoms in total. The highest BCUT2D eigenvalue weighted by atomic mass is 32.2. The van der Waals surface area contributed by atoms with E-state index >= 15 is 0 Å². The van der Waals surface area contributed by atoms with Crippen LogP contribution in [0.25, 0.3) is 5.70 Å². The van der Waals surface area contributed by atoms with Crippen LogP contribution in [0.2, 0.25) is 0 Å². The Kier molecular flexibility index (Phi) is 4.62. The summed E-state index contributed by atoms with van der Waals surface area (Å²) in [6.07, 6.45) is -0.0755. The van der Waals surface area contributed by atoms with E-state index in [1.165, 1.54) is 4.90 Å². The van der Waals surface area contributed by atoms with Gasteiger partial charge in [-0.25, -0.2) is 0 Å². The number of rotatable bonds is 4. The van der Waals surface area contributed by atoms with Crippen molar-refractivity contribution in [1.82, 2.24) is 9.80 Å². The van der Waals surface area contributed by atoms with Crippen molar-refractivity contribution in [3.8, 4) is 0 Å². The number of carbonyl (C=O) groups excluding carboxylic acids is 2. The molecule has 1 aromatic rings. The van der Waals surface area contributed by atoms with Crippen LogP contribution in [-0.4, -0.2) is 63.3 Å². The molecule has 0 radical (unpaired) electrons. The molecule has 1 aromatic carbocycles. The van der Waals surface area contributed by atoms with Crippen molar-refractivity contribution >= 4 is 35.2 Å². The lowest BCUT2D eigenvalue weighted by molar-refractivity contribution is -0.140. The van der Waals surface area contributed by atoms with Crippen LogP contribution in [0.15, 0.2) is 30.8 Å². The third-order valence-corrected chi connectivity index (χ3v) is 5.38. The molecule has 7 heteroatoms. The average Bonchev–Trinajstić information content (AvgIpc) is 2.80. The second-order valence-corrected chi connectivity index (χ2v) is 6.95. The second-order valence-electron chi connectivity index (χ2n) is 5.80. The van der Waals surface area contributed by atoms with Crippen molar-refractivity contribution in [3.63, 3.8) is 0 Å². The van der Waals surface area contributed by atoms with Gasteiger partial charge >= 0.3 is 5.97 Å². The number of hydrogen-bond donors (Lipinski definition) is 1. The van der Waals surface area contributed by atoms with Gasteiger partial charge in [0, 0.05) is 34.9 Å². The SMILES string of the molecule is C=C1c2ccccc2C(=O)N1CC(=O)N1CCSCC1CC(=O)O. The maximum absolute atomic E-state index is 12.7. The van der Waals surface area contributed by atoms with Gasteiger partial charge in [0.1, 0.15) is 6.54 Å². The van der Waals surface area contributed by atoms with Crippen LogP contribution in [0.4, 0.5) is 0 Å². The van der Waals surface area contributed by atoms with Gasteiger partial charge in [-0.05, 0) is 6.07 Å². The van der Waals surface area contributed by atoms with Crippen LogP contribution in [0.1, 0.15) is 22.3 Å². The standard InChI is InChI=1S/C17H18N2O4S/c1-11-13-4-2-3-5-14(13)17(23)19(11)9-15(20)18-6-7-24-10-12(18)8-16(21)22/h2-5,12H,1,6-10H2,(H,21,22). The Morgan fingerprint density at radius 3 is 2.67 bits per heavy atom. The first-order valence-electron chi connectivity index (χ1n) is 7.68. The maximum Gasteiger partial charge on any atom is 0.305 e. The van der Waals surface area contributed by atoms with E-state index in [2.05, 4.69) is 6.58 Å². The number of nitrogens with zero attached hydrogens (tertiary/aromatic N) is 2. The third-order valence-electron chi connectivity index (χ3n) is 4.29. The summed E-state index contributed by atoms with van der Waals surface area (Å²) in [5.41, 5.74) is 1.81. The number of carboxylic acid groups (broad SMARTS) is 1. The Labute approximate surface area is 144 Å². The zero-order chi connectivity index (χ0) is 17.3. The largest absolute Gasteiger partial charge is 0.481 e. The maximum atomic E-state index is 12.7. The van der Waals surface area contributed by atoms with Gasteiger partial charge in [-0.1, -0.05) is 24.8 Å². The second kappa shape index (κ2) is 6.68. The molecule has 1 fully saturated rings. The minimum absolute atomic E-state index is 0.0755. The minimum atomic E-state index is -0.922. The first kappa shape index (κ1) is 16.6. The van der Waals surface area contributed by atoms with E-state index in [1.54, 1.807) is 28.8 Å². The number of amides is 2. The highest BCUT2D eigenvalue weighted by molar-refractivity contribution is 7.99. The molecule has 0 saturated carbocycles. The van der Waals surface area contributed by atoms with Gasteiger partial charge in [0.15, 0.2) is 0 Å². The molecule has 1 saturated heterocycles. The van der Waals surface area contributed by atoms with E-state index in [1.807, 2.05) is 12.1 Å². The van der Waals surface area contributed by atoms with Crippen molar-refractivity contribution < 1.29 is 19.5 Å². The summed E-state index contributed by atoms with van der Waals surface area (Å²) >= 11 is 1.64. The summed E-state index contributed by atoms with van der Waals surface area (Å²) in [5.74, 6) is -0.00669. The normalized spacial score (nSPS) is 20.2. The van der Waals surface area contributed by atoms with Crippen LogP contribution >= 0.6 is 11.8 Å². The summed E-state index contributed by atoms with van der Waals surface area (Å²) in [6.45, 7) is 4.33. The summed E-state index contributed by atoms with van der Waals surface area (Å²) in [7, 11) is 0. The quantitative estimate of drug-likeness (QED) is 0.895. The minimum Gasteiger partial charge on any atom is -0.481 e. The van der Waals surface area contributed by atoms with Gasteiger partial charge in [-0.3, -0.25) is 19.3 Å². The topological polar surface area (TPSA) is 77.9 Å². The Morgan fingerprint density at radius 1 is 1.29 bits per heavy atom. The zero-order valence-electron chi connectivity index (χ0n) is 13.1. The van der Waals surface area contributed by atoms with Crippen molar-refractivity contribution in [3.05, 3.63) is 42.0 Å². The highest BCUT2D eigenvalue weighted by Crippen LogP contribution is 2.31. The predicted molar refractivity (Wildman–Crippen MR) is 91.6 cm³/mol. The number of thioether (sulfide) groups is 1. The van der Waals surface area contributed by atoms with Crippen LogP contribution in [0, 0.1) is 0 Å². The molecule has 24 heavy (non-hydrogen) atoms. The fourth-order valence-electron chi connectivity index (χ4n) is 3.08. The van der Waals surface area contributed by atoms with Gasteiger partial charge in [-0.15, -0.1) is 0 Å². The Morgan fingerprint density at radius 2 is 2.00 bits per heavy atom. The van der Waals surface area contributed by atoms with Gasteiger partial charge < -0.3 is 10.0 Å². The van der Waals surface area contributed by atoms with Crippen molar-refractivity contribution in [2.24, 2.45) is 0 Å². The van der Waals surface area contributed by atoms with Crippen LogP contribution < -0.4 is 0 Å². The van der Waals surface area contributed by atoms with Gasteiger partial charge in [0.05, 0.1) is 12.5 Å². The van der Waals surface area contributed by atoms with Crippen molar-refractivity contribution in [2.45, 2.75) is 12.5 Å². The number of fused-ring (bicyclic) bond motifs is 1. The average molecular weight is 346 g/mol. The Balaban J connectivity index is 1.74. The molecule has 1 atom stereocenters. The summed E-state index contributed by atoms with van der Waals surface area (Å²) in [5, 5.41) is 9.03. The van der Waals surface area contributed by atoms with Crippen molar-refractivity contribution in [1.29, 1.82) is 0 Å². The van der Waals surface area contributed by atoms with Gasteiger partial charge in [0.2, 0.25) is 5.91 Å². The molecule has 2 amide bonds. The summed E-state index contributed by atoms with van der Waals surface area (Å²) in [6, 6.07) is 6.80. The number of hydrogen-bond acceptors (Lipinski definition) is 4. The molecule has 0 bridgehead atoms. The van der Waals surface area contributed by atoms with Crippen LogP contribution in [0.5, 0.6) is 0 Å². The summed E-state index contributed by atoms with van der Waals surface area (Å²) < 4.78 is 0. The van der Waals surface area contributed by atoms with E-state index < -0.39 is 5.97 Å². The number of carboxylic acids is 1. The smallest absolute Gasteiger partial charge is 0.305 e. The van der Waals surface area contributed by atoms with Crippen molar-refractivity contribution in [2.75, 3.05) is 24.6 Å². The fourth-order valence-corrected chi connectivity index (χ4v) is 4.14. The molecule has 0 aliphatic carbocycles. The molecule has 126 valence electrons. The molecular weight excluding hydrogens is 328 g/mol. The van der Waals surface area contributed by atoms with E-state index in [0.717, 1.165) is 11.3 Å². The number of carbonyl (C=O) groups is 3. The van der Waals surface area contributed by atoms with Gasteiger partial charge in [0.25, 0.3) is 5.91 Å². The first-order chi connectivity index (χ1) is 11.5. The Hall–Kier alpha value is -2.28. The van der Waals surface area contributed by atoms with E-state index in [0.29, 0.717) is 23.6 Å². The third kappa shape index (κ3) is 3.03. The highest BCUT2D eigenvalue weighted by Gasteiger charge is 2.35. The molecule has 1 N–H and O–H groups in total.